The third-order valence-electron chi connectivity index (χ3n) is 3.28. The van der Waals surface area contributed by atoms with Crippen molar-refractivity contribution in [1.82, 2.24) is 5.32 Å². The van der Waals surface area contributed by atoms with Crippen LogP contribution < -0.4 is 10.6 Å². The quantitative estimate of drug-likeness (QED) is 0.786. The molecule has 0 saturated heterocycles. The van der Waals surface area contributed by atoms with Crippen molar-refractivity contribution in [2.45, 2.75) is 6.42 Å². The minimum atomic E-state index is -0.333. The molecule has 1 aliphatic carbocycles. The van der Waals surface area contributed by atoms with E-state index in [2.05, 4.69) is 10.6 Å². The van der Waals surface area contributed by atoms with Crippen molar-refractivity contribution in [1.29, 1.82) is 0 Å². The predicted molar refractivity (Wildman–Crippen MR) is 81.6 cm³/mol. The van der Waals surface area contributed by atoms with Gasteiger partial charge in [-0.05, 0) is 18.6 Å². The Balaban J connectivity index is 1.87. The van der Waals surface area contributed by atoms with Gasteiger partial charge in [0.1, 0.15) is 0 Å². The van der Waals surface area contributed by atoms with E-state index in [9.17, 15) is 9.59 Å². The zero-order valence-electron chi connectivity index (χ0n) is 11.5. The first-order valence-electron chi connectivity index (χ1n) is 6.56. The average Bonchev–Trinajstić information content (AvgIpc) is 3.23. The van der Waals surface area contributed by atoms with Crippen LogP contribution in [0.25, 0.3) is 0 Å². The van der Waals surface area contributed by atoms with E-state index in [1.54, 1.807) is 25.3 Å². The van der Waals surface area contributed by atoms with Crippen molar-refractivity contribution < 1.29 is 14.3 Å². The number of amides is 2. The normalized spacial score (nSPS) is 20.0. The van der Waals surface area contributed by atoms with Crippen LogP contribution in [0.5, 0.6) is 0 Å². The number of methoxy groups -OCH3 is 1. The number of para-hydroxylation sites is 1. The van der Waals surface area contributed by atoms with Crippen LogP contribution in [-0.4, -0.2) is 32.1 Å². The first-order valence-corrected chi connectivity index (χ1v) is 7.31. The number of rotatable bonds is 6. The van der Waals surface area contributed by atoms with E-state index in [1.807, 2.05) is 0 Å². The van der Waals surface area contributed by atoms with Gasteiger partial charge in [-0.3, -0.25) is 9.59 Å². The van der Waals surface area contributed by atoms with E-state index in [0.29, 0.717) is 35.3 Å². The Bertz CT molecular complexity index is 531. The average molecular weight is 331 g/mol. The van der Waals surface area contributed by atoms with E-state index in [-0.39, 0.29) is 23.7 Å². The third-order valence-corrected chi connectivity index (χ3v) is 3.91. The van der Waals surface area contributed by atoms with Crippen LogP contribution in [0.2, 0.25) is 10.0 Å². The van der Waals surface area contributed by atoms with Gasteiger partial charge in [-0.2, -0.15) is 0 Å². The maximum Gasteiger partial charge on any atom is 0.228 e. The molecule has 1 aromatic carbocycles. The molecule has 114 valence electrons. The molecule has 1 aliphatic rings. The molecule has 21 heavy (non-hydrogen) atoms. The van der Waals surface area contributed by atoms with E-state index in [0.717, 1.165) is 0 Å². The molecular weight excluding hydrogens is 315 g/mol. The number of halogens is 2. The Morgan fingerprint density at radius 3 is 2.48 bits per heavy atom. The minimum Gasteiger partial charge on any atom is -0.383 e. The number of hydrogen-bond donors (Lipinski definition) is 2. The largest absolute Gasteiger partial charge is 0.383 e. The lowest BCUT2D eigenvalue weighted by Gasteiger charge is -2.09. The minimum absolute atomic E-state index is 0.127. The summed E-state index contributed by atoms with van der Waals surface area (Å²) in [5, 5.41) is 6.15. The first-order chi connectivity index (χ1) is 10.0. The molecule has 0 aliphatic heterocycles. The molecule has 2 amide bonds. The SMILES string of the molecule is COCCNC(=O)C1CC1C(=O)Nc1c(Cl)cccc1Cl. The number of anilines is 1. The van der Waals surface area contributed by atoms with Gasteiger partial charge in [0.15, 0.2) is 0 Å². The monoisotopic (exact) mass is 330 g/mol. The van der Waals surface area contributed by atoms with E-state index in [1.165, 1.54) is 0 Å². The lowest BCUT2D eigenvalue weighted by atomic mass is 10.2. The standard InChI is InChI=1S/C14H16Cl2N2O3/c1-21-6-5-17-13(19)8-7-9(8)14(20)18-12-10(15)3-2-4-11(12)16/h2-4,8-9H,5-7H2,1H3,(H,17,19)(H,18,20). The van der Waals surface area contributed by atoms with Crippen LogP contribution in [0.3, 0.4) is 0 Å². The number of benzene rings is 1. The fourth-order valence-corrected chi connectivity index (χ4v) is 2.51. The summed E-state index contributed by atoms with van der Waals surface area (Å²) in [5.41, 5.74) is 0.385. The highest BCUT2D eigenvalue weighted by atomic mass is 35.5. The van der Waals surface area contributed by atoms with Gasteiger partial charge in [-0.15, -0.1) is 0 Å². The number of carbonyl (C=O) groups is 2. The highest BCUT2D eigenvalue weighted by molar-refractivity contribution is 6.39. The Hall–Kier alpha value is -1.30. The van der Waals surface area contributed by atoms with Gasteiger partial charge in [0, 0.05) is 13.7 Å². The molecule has 0 bridgehead atoms. The van der Waals surface area contributed by atoms with Gasteiger partial charge in [-0.25, -0.2) is 0 Å². The Kier molecular flexibility index (Phi) is 5.45. The lowest BCUT2D eigenvalue weighted by molar-refractivity contribution is -0.125. The number of carbonyl (C=O) groups excluding carboxylic acids is 2. The molecule has 0 aromatic heterocycles. The van der Waals surface area contributed by atoms with E-state index >= 15 is 0 Å². The van der Waals surface area contributed by atoms with Crippen LogP contribution in [0, 0.1) is 11.8 Å². The second-order valence-corrected chi connectivity index (χ2v) is 5.63. The van der Waals surface area contributed by atoms with Crippen molar-refractivity contribution in [2.75, 3.05) is 25.6 Å². The highest BCUT2D eigenvalue weighted by Gasteiger charge is 2.48. The lowest BCUT2D eigenvalue weighted by Crippen LogP contribution is -2.30. The van der Waals surface area contributed by atoms with Crippen molar-refractivity contribution >= 4 is 40.7 Å². The molecule has 1 aromatic rings. The summed E-state index contributed by atoms with van der Waals surface area (Å²) in [7, 11) is 1.56. The zero-order chi connectivity index (χ0) is 15.4. The molecule has 2 atom stereocenters. The maximum atomic E-state index is 12.1. The Labute approximate surface area is 132 Å². The number of ether oxygens (including phenoxy) is 1. The molecule has 1 saturated carbocycles. The van der Waals surface area contributed by atoms with Crippen LogP contribution >= 0.6 is 23.2 Å². The number of nitrogens with one attached hydrogen (secondary N) is 2. The third kappa shape index (κ3) is 4.09. The first kappa shape index (κ1) is 16.1. The van der Waals surface area contributed by atoms with Crippen molar-refractivity contribution in [2.24, 2.45) is 11.8 Å². The molecule has 5 nitrogen and oxygen atoms in total. The topological polar surface area (TPSA) is 67.4 Å². The summed E-state index contributed by atoms with van der Waals surface area (Å²) >= 11 is 12.0. The molecule has 2 unspecified atom stereocenters. The highest BCUT2D eigenvalue weighted by Crippen LogP contribution is 2.40. The molecule has 2 rings (SSSR count). The van der Waals surface area contributed by atoms with Crippen LogP contribution in [0.4, 0.5) is 5.69 Å². The molecule has 0 spiro atoms. The van der Waals surface area contributed by atoms with Gasteiger partial charge in [0.05, 0.1) is 34.2 Å². The van der Waals surface area contributed by atoms with Crippen LogP contribution in [0.15, 0.2) is 18.2 Å². The molecule has 1 fully saturated rings. The van der Waals surface area contributed by atoms with E-state index in [4.69, 9.17) is 27.9 Å². The Morgan fingerprint density at radius 1 is 1.24 bits per heavy atom. The van der Waals surface area contributed by atoms with Crippen molar-refractivity contribution in [3.63, 3.8) is 0 Å². The zero-order valence-corrected chi connectivity index (χ0v) is 13.0. The second kappa shape index (κ2) is 7.11. The summed E-state index contributed by atoms with van der Waals surface area (Å²) < 4.78 is 4.85. The van der Waals surface area contributed by atoms with Crippen LogP contribution in [-0.2, 0) is 14.3 Å². The fraction of sp³-hybridized carbons (Fsp3) is 0.429. The predicted octanol–water partition coefficient (Wildman–Crippen LogP) is 2.33. The Morgan fingerprint density at radius 2 is 1.86 bits per heavy atom. The molecule has 2 N–H and O–H groups in total. The second-order valence-electron chi connectivity index (χ2n) is 4.82. The van der Waals surface area contributed by atoms with Gasteiger partial charge in [-0.1, -0.05) is 29.3 Å². The summed E-state index contributed by atoms with van der Waals surface area (Å²) in [5.74, 6) is -0.989. The van der Waals surface area contributed by atoms with Gasteiger partial charge in [0.25, 0.3) is 0 Å². The summed E-state index contributed by atoms with van der Waals surface area (Å²) in [6.45, 7) is 0.890. The van der Waals surface area contributed by atoms with Crippen molar-refractivity contribution in [3.8, 4) is 0 Å². The van der Waals surface area contributed by atoms with Crippen LogP contribution in [0.1, 0.15) is 6.42 Å². The van der Waals surface area contributed by atoms with Crippen molar-refractivity contribution in [3.05, 3.63) is 28.2 Å². The number of hydrogen-bond acceptors (Lipinski definition) is 3. The maximum absolute atomic E-state index is 12.1. The molecule has 7 heteroatoms. The van der Waals surface area contributed by atoms with Gasteiger partial charge in [0.2, 0.25) is 11.8 Å². The molecule has 0 heterocycles. The molecule has 0 radical (unpaired) electrons. The summed E-state index contributed by atoms with van der Waals surface area (Å²) in [4.78, 5) is 23.9. The molecular formula is C14H16Cl2N2O3. The van der Waals surface area contributed by atoms with Gasteiger partial charge >= 0.3 is 0 Å². The fourth-order valence-electron chi connectivity index (χ4n) is 2.02. The van der Waals surface area contributed by atoms with E-state index < -0.39 is 0 Å². The summed E-state index contributed by atoms with van der Waals surface area (Å²) in [6, 6.07) is 4.99. The smallest absolute Gasteiger partial charge is 0.228 e. The summed E-state index contributed by atoms with van der Waals surface area (Å²) in [6.07, 6.45) is 0.534. The van der Waals surface area contributed by atoms with Gasteiger partial charge < -0.3 is 15.4 Å².